The molecule has 16 heteroatoms. The molecule has 4 amide bonds. The van der Waals surface area contributed by atoms with Crippen LogP contribution in [0.1, 0.15) is 89.1 Å². The van der Waals surface area contributed by atoms with Crippen molar-refractivity contribution < 1.29 is 33.8 Å². The predicted octanol–water partition coefficient (Wildman–Crippen LogP) is 5.50. The average molecular weight is 808 g/mol. The van der Waals surface area contributed by atoms with Crippen molar-refractivity contribution in [3.05, 3.63) is 59.9 Å². The summed E-state index contributed by atoms with van der Waals surface area (Å²) in [6, 6.07) is 8.43. The Labute approximate surface area is 343 Å². The zero-order valence-corrected chi connectivity index (χ0v) is 34.2. The van der Waals surface area contributed by atoms with Crippen LogP contribution in [0.5, 0.6) is 11.5 Å². The Kier molecular flexibility index (Phi) is 11.1. The van der Waals surface area contributed by atoms with Gasteiger partial charge in [0.15, 0.2) is 11.5 Å². The minimum Gasteiger partial charge on any atom is -0.453 e. The summed E-state index contributed by atoms with van der Waals surface area (Å²) in [5.74, 6) is 1.66. The van der Waals surface area contributed by atoms with Gasteiger partial charge in [-0.3, -0.25) is 14.4 Å². The summed E-state index contributed by atoms with van der Waals surface area (Å²) < 4.78 is 11.5. The van der Waals surface area contributed by atoms with Gasteiger partial charge in [-0.15, -0.1) is 0 Å². The van der Waals surface area contributed by atoms with E-state index in [2.05, 4.69) is 43.7 Å². The number of aryl methyl sites for hydroxylation is 1. The lowest BCUT2D eigenvalue weighted by molar-refractivity contribution is -0.139. The SMILES string of the molecule is COC(=O)N[C@H](C(=O)N1CCC[C@H]1c1ncc(-c2cc3c4c(c2)Oc2cc(-c5cnc([C@@H]6CCCN6C(=O)[C@@H](NC(=O)CO)C(C)C)[nH]5)ccc2N4CCC3)[nH]1)C(C)C. The standard InChI is InChI=1S/C43H53N9O7/c1-23(2)36(48-35(54)22-53)41(55)51-15-7-10-31(51)39-44-20-28(46-39)25-12-13-30-33(18-25)59-34-19-27(17-26-9-6-14-50(30)38(26)34)29-21-45-40(47-29)32-11-8-16-52(32)42(56)37(24(3)4)49-43(57)58-5/h12-13,17-21,23-24,31-32,36-37,53H,6-11,14-16,22H2,1-5H3,(H,44,46)(H,45,47)(H,48,54)(H,49,57)/t31-,32-,36-,37-/m0/s1. The van der Waals surface area contributed by atoms with Crippen molar-refractivity contribution in [2.75, 3.05) is 38.3 Å². The second-order valence-corrected chi connectivity index (χ2v) is 16.6. The number of amides is 4. The number of aromatic nitrogens is 4. The Morgan fingerprint density at radius 3 is 2.00 bits per heavy atom. The number of carbonyl (C=O) groups is 4. The summed E-state index contributed by atoms with van der Waals surface area (Å²) in [5, 5.41) is 14.7. The van der Waals surface area contributed by atoms with Crippen molar-refractivity contribution in [3.63, 3.8) is 0 Å². The third-order valence-corrected chi connectivity index (χ3v) is 12.0. The predicted molar refractivity (Wildman–Crippen MR) is 219 cm³/mol. The minimum absolute atomic E-state index is 0.126. The number of aliphatic hydroxyl groups excluding tert-OH is 1. The third kappa shape index (κ3) is 7.61. The first-order valence-electron chi connectivity index (χ1n) is 20.7. The third-order valence-electron chi connectivity index (χ3n) is 12.0. The number of H-pyrrole nitrogens is 2. The van der Waals surface area contributed by atoms with Crippen LogP contribution >= 0.6 is 0 Å². The van der Waals surface area contributed by atoms with E-state index in [4.69, 9.17) is 19.4 Å². The van der Waals surface area contributed by atoms with Crippen LogP contribution in [0.3, 0.4) is 0 Å². The number of imidazole rings is 2. The maximum atomic E-state index is 13.7. The lowest BCUT2D eigenvalue weighted by atomic mass is 9.95. The first-order valence-corrected chi connectivity index (χ1v) is 20.7. The molecule has 2 saturated heterocycles. The Hall–Kier alpha value is -5.90. The normalized spacial score (nSPS) is 19.3. The molecule has 0 unspecified atom stereocenters. The number of aliphatic hydroxyl groups is 1. The Morgan fingerprint density at radius 1 is 0.814 bits per heavy atom. The molecule has 16 nitrogen and oxygen atoms in total. The van der Waals surface area contributed by atoms with Gasteiger partial charge in [0.05, 0.1) is 54.3 Å². The van der Waals surface area contributed by atoms with Gasteiger partial charge in [-0.1, -0.05) is 33.8 Å². The van der Waals surface area contributed by atoms with Crippen molar-refractivity contribution in [1.29, 1.82) is 0 Å². The molecule has 5 N–H and O–H groups in total. The van der Waals surface area contributed by atoms with Crippen LogP contribution in [-0.4, -0.2) is 104 Å². The largest absolute Gasteiger partial charge is 0.453 e. The molecular formula is C43H53N9O7. The highest BCUT2D eigenvalue weighted by molar-refractivity contribution is 5.89. The second kappa shape index (κ2) is 16.4. The molecule has 0 radical (unpaired) electrons. The number of likely N-dealkylation sites (tertiary alicyclic amines) is 2. The van der Waals surface area contributed by atoms with Crippen molar-refractivity contribution in [2.45, 2.75) is 90.4 Å². The maximum absolute atomic E-state index is 13.7. The lowest BCUT2D eigenvalue weighted by Gasteiger charge is -2.37. The fourth-order valence-electron chi connectivity index (χ4n) is 9.01. The monoisotopic (exact) mass is 807 g/mol. The number of rotatable bonds is 11. The number of carbonyl (C=O) groups excluding carboxylic acids is 4. The van der Waals surface area contributed by atoms with E-state index in [1.165, 1.54) is 12.7 Å². The molecule has 2 fully saturated rings. The smallest absolute Gasteiger partial charge is 0.407 e. The number of alkyl carbamates (subject to hydrolysis) is 1. The van der Waals surface area contributed by atoms with Crippen LogP contribution in [0.15, 0.2) is 42.7 Å². The molecule has 59 heavy (non-hydrogen) atoms. The molecule has 8 rings (SSSR count). The van der Waals surface area contributed by atoms with Crippen molar-refractivity contribution in [3.8, 4) is 34.0 Å². The van der Waals surface area contributed by atoms with Gasteiger partial charge in [-0.25, -0.2) is 14.8 Å². The van der Waals surface area contributed by atoms with E-state index in [0.717, 1.165) is 90.5 Å². The fraction of sp³-hybridized carbons (Fsp3) is 0.488. The Morgan fingerprint density at radius 2 is 1.41 bits per heavy atom. The highest BCUT2D eigenvalue weighted by atomic mass is 16.5. The van der Waals surface area contributed by atoms with Gasteiger partial charge in [0, 0.05) is 30.8 Å². The molecule has 0 spiro atoms. The number of aromatic amines is 2. The molecule has 312 valence electrons. The molecule has 2 aromatic carbocycles. The van der Waals surface area contributed by atoms with E-state index in [1.807, 2.05) is 50.9 Å². The van der Waals surface area contributed by atoms with Gasteiger partial charge in [0.1, 0.15) is 30.3 Å². The van der Waals surface area contributed by atoms with Gasteiger partial charge < -0.3 is 49.9 Å². The molecule has 4 aliphatic rings. The Bertz CT molecular complexity index is 2250. The van der Waals surface area contributed by atoms with E-state index in [9.17, 15) is 24.3 Å². The lowest BCUT2D eigenvalue weighted by Crippen LogP contribution is -2.51. The van der Waals surface area contributed by atoms with Crippen LogP contribution in [-0.2, 0) is 25.5 Å². The number of anilines is 2. The van der Waals surface area contributed by atoms with E-state index in [-0.39, 0.29) is 35.7 Å². The molecule has 4 aromatic rings. The van der Waals surface area contributed by atoms with Gasteiger partial charge in [0.2, 0.25) is 17.7 Å². The highest BCUT2D eigenvalue weighted by Crippen LogP contribution is 2.52. The van der Waals surface area contributed by atoms with E-state index < -0.39 is 30.7 Å². The van der Waals surface area contributed by atoms with E-state index >= 15 is 0 Å². The summed E-state index contributed by atoms with van der Waals surface area (Å²) in [7, 11) is 1.29. The van der Waals surface area contributed by atoms with E-state index in [0.29, 0.717) is 24.7 Å². The highest BCUT2D eigenvalue weighted by Gasteiger charge is 2.39. The molecule has 0 bridgehead atoms. The molecule has 4 aliphatic heterocycles. The second-order valence-electron chi connectivity index (χ2n) is 16.6. The first kappa shape index (κ1) is 39.9. The molecule has 2 aromatic heterocycles. The van der Waals surface area contributed by atoms with Crippen LogP contribution in [0, 0.1) is 11.8 Å². The number of fused-ring (bicyclic) bond motifs is 2. The fourth-order valence-corrected chi connectivity index (χ4v) is 9.01. The quantitative estimate of drug-likeness (QED) is 0.129. The summed E-state index contributed by atoms with van der Waals surface area (Å²) in [4.78, 5) is 73.9. The number of methoxy groups -OCH3 is 1. The van der Waals surface area contributed by atoms with Crippen molar-refractivity contribution in [1.82, 2.24) is 40.4 Å². The van der Waals surface area contributed by atoms with Crippen molar-refractivity contribution in [2.24, 2.45) is 11.8 Å². The van der Waals surface area contributed by atoms with Crippen molar-refractivity contribution >= 4 is 35.2 Å². The average Bonchev–Trinajstić information content (AvgIpc) is 4.08. The summed E-state index contributed by atoms with van der Waals surface area (Å²) in [6.07, 6.45) is 7.98. The van der Waals surface area contributed by atoms with Gasteiger partial charge in [-0.05, 0) is 80.2 Å². The van der Waals surface area contributed by atoms with Crippen LogP contribution in [0.2, 0.25) is 0 Å². The van der Waals surface area contributed by atoms with Crippen LogP contribution < -0.4 is 20.3 Å². The number of hydrogen-bond acceptors (Lipinski definition) is 10. The number of ether oxygens (including phenoxy) is 2. The maximum Gasteiger partial charge on any atom is 0.407 e. The number of hydrogen-bond donors (Lipinski definition) is 5. The minimum atomic E-state index is -0.745. The molecule has 6 heterocycles. The number of nitrogens with zero attached hydrogens (tertiary/aromatic N) is 5. The van der Waals surface area contributed by atoms with Gasteiger partial charge in [0.25, 0.3) is 0 Å². The first-order chi connectivity index (χ1) is 28.4. The van der Waals surface area contributed by atoms with Gasteiger partial charge >= 0.3 is 6.09 Å². The zero-order valence-electron chi connectivity index (χ0n) is 34.2. The summed E-state index contributed by atoms with van der Waals surface area (Å²) in [6.45, 7) is 8.86. The summed E-state index contributed by atoms with van der Waals surface area (Å²) >= 11 is 0. The summed E-state index contributed by atoms with van der Waals surface area (Å²) in [5.41, 5.74) is 6.69. The van der Waals surface area contributed by atoms with Gasteiger partial charge in [-0.2, -0.15) is 0 Å². The zero-order chi connectivity index (χ0) is 41.5. The number of nitrogens with one attached hydrogen (secondary N) is 4. The molecule has 0 saturated carbocycles. The molecular weight excluding hydrogens is 755 g/mol. The van der Waals surface area contributed by atoms with E-state index in [1.54, 1.807) is 11.1 Å². The molecule has 0 aliphatic carbocycles. The molecule has 4 atom stereocenters. The number of benzene rings is 2. The van der Waals surface area contributed by atoms with Crippen LogP contribution in [0.25, 0.3) is 22.5 Å². The van der Waals surface area contributed by atoms with Crippen LogP contribution in [0.4, 0.5) is 16.2 Å². The topological polar surface area (TPSA) is 198 Å². The Balaban J connectivity index is 1.02.